The fourth-order valence-electron chi connectivity index (χ4n) is 2.31. The molecule has 1 aromatic carbocycles. The first-order valence-corrected chi connectivity index (χ1v) is 8.85. The molecule has 2 rings (SSSR count). The summed E-state index contributed by atoms with van der Waals surface area (Å²) in [5, 5.41) is 4.29. The fourth-order valence-corrected chi connectivity index (χ4v) is 4.12. The van der Waals surface area contributed by atoms with Crippen LogP contribution >= 0.6 is 38.9 Å². The zero-order valence-electron chi connectivity index (χ0n) is 11.5. The van der Waals surface area contributed by atoms with Gasteiger partial charge in [-0.3, -0.25) is 0 Å². The molecule has 0 fully saturated rings. The Morgan fingerprint density at radius 3 is 2.75 bits per heavy atom. The highest BCUT2D eigenvalue weighted by molar-refractivity contribution is 9.11. The van der Waals surface area contributed by atoms with E-state index in [1.165, 1.54) is 14.2 Å². The van der Waals surface area contributed by atoms with Crippen LogP contribution in [0.25, 0.3) is 0 Å². The lowest BCUT2D eigenvalue weighted by atomic mass is 9.95. The summed E-state index contributed by atoms with van der Waals surface area (Å²) >= 11 is 11.4. The number of hydrogen-bond donors (Lipinski definition) is 1. The molecule has 1 aromatic heterocycles. The van der Waals surface area contributed by atoms with Crippen LogP contribution in [0.1, 0.15) is 17.4 Å². The zero-order chi connectivity index (χ0) is 14.4. The van der Waals surface area contributed by atoms with Crippen molar-refractivity contribution < 1.29 is 0 Å². The molecule has 0 spiro atoms. The highest BCUT2D eigenvalue weighted by Crippen LogP contribution is 2.25. The Labute approximate surface area is 138 Å². The van der Waals surface area contributed by atoms with Gasteiger partial charge in [-0.2, -0.15) is 0 Å². The van der Waals surface area contributed by atoms with Gasteiger partial charge in [0.1, 0.15) is 0 Å². The molecule has 0 saturated carbocycles. The highest BCUT2D eigenvalue weighted by Gasteiger charge is 2.12. The van der Waals surface area contributed by atoms with Crippen molar-refractivity contribution in [3.8, 4) is 0 Å². The molecule has 0 amide bonds. The van der Waals surface area contributed by atoms with E-state index in [0.717, 1.165) is 31.0 Å². The largest absolute Gasteiger partial charge is 0.317 e. The van der Waals surface area contributed by atoms with E-state index >= 15 is 0 Å². The quantitative estimate of drug-likeness (QED) is 0.706. The molecule has 0 bridgehead atoms. The van der Waals surface area contributed by atoms with E-state index in [2.05, 4.69) is 52.4 Å². The molecule has 1 atom stereocenters. The number of benzene rings is 1. The Morgan fingerprint density at radius 2 is 2.10 bits per heavy atom. The number of nitrogens with one attached hydrogen (secondary N) is 1. The smallest absolute Gasteiger partial charge is 0.0701 e. The molecular formula is C16H19BrClNS. The number of halogens is 2. The molecule has 108 valence electrons. The first-order chi connectivity index (χ1) is 9.67. The Bertz CT molecular complexity index is 541. The fraction of sp³-hybridized carbons (Fsp3) is 0.375. The second-order valence-corrected chi connectivity index (χ2v) is 7.90. The molecule has 0 saturated heterocycles. The van der Waals surface area contributed by atoms with E-state index in [1.54, 1.807) is 0 Å². The van der Waals surface area contributed by atoms with Crippen molar-refractivity contribution in [2.24, 2.45) is 5.92 Å². The average molecular weight is 373 g/mol. The van der Waals surface area contributed by atoms with Crippen molar-refractivity contribution in [1.82, 2.24) is 5.32 Å². The predicted molar refractivity (Wildman–Crippen MR) is 92.9 cm³/mol. The molecule has 20 heavy (non-hydrogen) atoms. The second kappa shape index (κ2) is 8.18. The third-order valence-corrected chi connectivity index (χ3v) is 5.10. The molecule has 2 aromatic rings. The van der Waals surface area contributed by atoms with Gasteiger partial charge in [-0.15, -0.1) is 11.3 Å². The van der Waals surface area contributed by atoms with Gasteiger partial charge in [-0.25, -0.2) is 0 Å². The van der Waals surface area contributed by atoms with Crippen molar-refractivity contribution in [2.45, 2.75) is 19.8 Å². The third-order valence-electron chi connectivity index (χ3n) is 3.22. The lowest BCUT2D eigenvalue weighted by molar-refractivity contribution is 0.481. The van der Waals surface area contributed by atoms with Crippen LogP contribution in [-0.2, 0) is 12.8 Å². The standard InChI is InChI=1S/C16H19BrClNS/c1-2-19-11-13(10-15-6-7-16(17)20-15)8-12-4-3-5-14(18)9-12/h3-7,9,13,19H,2,8,10-11H2,1H3. The Morgan fingerprint density at radius 1 is 1.25 bits per heavy atom. The van der Waals surface area contributed by atoms with Crippen LogP contribution in [0.4, 0.5) is 0 Å². The molecule has 1 heterocycles. The van der Waals surface area contributed by atoms with Crippen LogP contribution in [0.15, 0.2) is 40.2 Å². The number of hydrogen-bond acceptors (Lipinski definition) is 2. The third kappa shape index (κ3) is 5.21. The van der Waals surface area contributed by atoms with Gasteiger partial charge < -0.3 is 5.32 Å². The first kappa shape index (κ1) is 16.0. The Kier molecular flexibility index (Phi) is 6.56. The van der Waals surface area contributed by atoms with Crippen LogP contribution in [0, 0.1) is 5.92 Å². The van der Waals surface area contributed by atoms with Crippen LogP contribution in [-0.4, -0.2) is 13.1 Å². The minimum atomic E-state index is 0.596. The van der Waals surface area contributed by atoms with Crippen molar-refractivity contribution in [2.75, 3.05) is 13.1 Å². The van der Waals surface area contributed by atoms with E-state index in [9.17, 15) is 0 Å². The van der Waals surface area contributed by atoms with E-state index < -0.39 is 0 Å². The van der Waals surface area contributed by atoms with Crippen molar-refractivity contribution in [3.05, 3.63) is 55.6 Å². The molecular weight excluding hydrogens is 354 g/mol. The monoisotopic (exact) mass is 371 g/mol. The van der Waals surface area contributed by atoms with Crippen LogP contribution in [0.3, 0.4) is 0 Å². The van der Waals surface area contributed by atoms with Crippen LogP contribution in [0.5, 0.6) is 0 Å². The van der Waals surface area contributed by atoms with E-state index in [-0.39, 0.29) is 0 Å². The molecule has 0 aliphatic carbocycles. The van der Waals surface area contributed by atoms with Gasteiger partial charge in [0.2, 0.25) is 0 Å². The summed E-state index contributed by atoms with van der Waals surface area (Å²) in [5.41, 5.74) is 1.32. The van der Waals surface area contributed by atoms with Crippen LogP contribution in [0.2, 0.25) is 5.02 Å². The normalized spacial score (nSPS) is 12.6. The predicted octanol–water partition coefficient (Wildman–Crippen LogP) is 5.17. The van der Waals surface area contributed by atoms with Gasteiger partial charge in [0.15, 0.2) is 0 Å². The summed E-state index contributed by atoms with van der Waals surface area (Å²) in [6, 6.07) is 12.5. The number of rotatable bonds is 7. The summed E-state index contributed by atoms with van der Waals surface area (Å²) in [6.07, 6.45) is 2.17. The second-order valence-electron chi connectivity index (χ2n) is 4.92. The lowest BCUT2D eigenvalue weighted by Crippen LogP contribution is -2.25. The van der Waals surface area contributed by atoms with E-state index in [0.29, 0.717) is 5.92 Å². The summed E-state index contributed by atoms with van der Waals surface area (Å²) in [7, 11) is 0. The van der Waals surface area contributed by atoms with Gasteiger partial charge in [0.05, 0.1) is 3.79 Å². The van der Waals surface area contributed by atoms with Gasteiger partial charge in [0.25, 0.3) is 0 Å². The average Bonchev–Trinajstić information content (AvgIpc) is 2.81. The maximum absolute atomic E-state index is 6.08. The summed E-state index contributed by atoms with van der Waals surface area (Å²) in [6.45, 7) is 4.21. The minimum Gasteiger partial charge on any atom is -0.317 e. The van der Waals surface area contributed by atoms with Crippen LogP contribution < -0.4 is 5.32 Å². The van der Waals surface area contributed by atoms with Gasteiger partial charge in [-0.1, -0.05) is 30.7 Å². The molecule has 4 heteroatoms. The number of thiophene rings is 1. The van der Waals surface area contributed by atoms with Gasteiger partial charge in [0, 0.05) is 9.90 Å². The SMILES string of the molecule is CCNCC(Cc1cccc(Cl)c1)Cc1ccc(Br)s1. The molecule has 1 N–H and O–H groups in total. The van der Waals surface area contributed by atoms with Crippen molar-refractivity contribution in [1.29, 1.82) is 0 Å². The maximum atomic E-state index is 6.08. The molecule has 1 nitrogen and oxygen atoms in total. The highest BCUT2D eigenvalue weighted by atomic mass is 79.9. The van der Waals surface area contributed by atoms with Crippen molar-refractivity contribution in [3.63, 3.8) is 0 Å². The first-order valence-electron chi connectivity index (χ1n) is 6.86. The molecule has 0 radical (unpaired) electrons. The van der Waals surface area contributed by atoms with E-state index in [1.807, 2.05) is 23.5 Å². The van der Waals surface area contributed by atoms with Gasteiger partial charge >= 0.3 is 0 Å². The summed E-state index contributed by atoms with van der Waals surface area (Å²) in [4.78, 5) is 1.43. The minimum absolute atomic E-state index is 0.596. The Balaban J connectivity index is 2.02. The Hall–Kier alpha value is -0.350. The maximum Gasteiger partial charge on any atom is 0.0701 e. The topological polar surface area (TPSA) is 12.0 Å². The van der Waals surface area contributed by atoms with Gasteiger partial charge in [-0.05, 0) is 77.6 Å². The summed E-state index contributed by atoms with van der Waals surface area (Å²) in [5.74, 6) is 0.596. The molecule has 0 aliphatic rings. The zero-order valence-corrected chi connectivity index (χ0v) is 14.7. The molecule has 1 unspecified atom stereocenters. The van der Waals surface area contributed by atoms with E-state index in [4.69, 9.17) is 11.6 Å². The van der Waals surface area contributed by atoms with Crippen molar-refractivity contribution >= 4 is 38.9 Å². The summed E-state index contributed by atoms with van der Waals surface area (Å²) < 4.78 is 1.21. The lowest BCUT2D eigenvalue weighted by Gasteiger charge is -2.17. The molecule has 0 aliphatic heterocycles.